The first-order chi connectivity index (χ1) is 22.1. The number of nitrogens with zero attached hydrogens (tertiary/aromatic N) is 1. The van der Waals surface area contributed by atoms with Crippen LogP contribution in [-0.4, -0.2) is 56.8 Å². The Kier molecular flexibility index (Phi) is 12.6. The molecule has 0 fully saturated rings. The third kappa shape index (κ3) is 10.1. The number of aliphatic hydroxyl groups is 1. The third-order valence-corrected chi connectivity index (χ3v) is 9.16. The number of aromatic nitrogens is 1. The van der Waals surface area contributed by atoms with Gasteiger partial charge in [-0.2, -0.15) is 0 Å². The van der Waals surface area contributed by atoms with Crippen LogP contribution in [0.15, 0.2) is 96.0 Å². The summed E-state index contributed by atoms with van der Waals surface area (Å²) in [5.41, 5.74) is 2.19. The Morgan fingerprint density at radius 1 is 0.978 bits per heavy atom. The normalized spacial score (nSPS) is 13.5. The van der Waals surface area contributed by atoms with E-state index in [1.54, 1.807) is 55.6 Å². The summed E-state index contributed by atoms with van der Waals surface area (Å²) in [6.07, 6.45) is 1.40. The fourth-order valence-electron chi connectivity index (χ4n) is 5.03. The molecule has 0 saturated carbocycles. The molecule has 1 heterocycles. The molecule has 1 unspecified atom stereocenters. The fourth-order valence-corrected chi connectivity index (χ4v) is 6.45. The standard InChI is InChI=1S/C34H38ClFN4O5S/c1-23(41)20-37-22-27(40-46(43,44)28-7-4-3-5-8-28)16-17-29-31(36)9-6-10-32(29)39-33(42)19-30(24-11-14-26(35)15-12-24)25-13-18-34(45-2)38-21-25/h3-15,18,21,23,27,30,37,40-41H,16-17,19-20,22H2,1-2H3,(H,39,42)/t23-,27-,30?/m0/s1. The van der Waals surface area contributed by atoms with Crippen molar-refractivity contribution in [2.75, 3.05) is 25.5 Å². The van der Waals surface area contributed by atoms with Crippen molar-refractivity contribution in [2.45, 2.75) is 49.1 Å². The molecule has 0 aliphatic heterocycles. The van der Waals surface area contributed by atoms with Crippen LogP contribution >= 0.6 is 11.6 Å². The Hall–Kier alpha value is -3.87. The van der Waals surface area contributed by atoms with Gasteiger partial charge in [-0.25, -0.2) is 22.5 Å². The zero-order valence-corrected chi connectivity index (χ0v) is 27.2. The van der Waals surface area contributed by atoms with Gasteiger partial charge in [-0.1, -0.05) is 54.1 Å². The van der Waals surface area contributed by atoms with Gasteiger partial charge in [0.1, 0.15) is 5.82 Å². The number of pyridine rings is 1. The molecule has 46 heavy (non-hydrogen) atoms. The van der Waals surface area contributed by atoms with Crippen molar-refractivity contribution >= 4 is 33.2 Å². The van der Waals surface area contributed by atoms with Crippen molar-refractivity contribution in [1.29, 1.82) is 0 Å². The van der Waals surface area contributed by atoms with Crippen LogP contribution in [0.1, 0.15) is 42.4 Å². The lowest BCUT2D eigenvalue weighted by atomic mass is 9.89. The Bertz CT molecular complexity index is 1670. The number of sulfonamides is 1. The van der Waals surface area contributed by atoms with E-state index in [1.165, 1.54) is 31.4 Å². The van der Waals surface area contributed by atoms with Gasteiger partial charge in [-0.05, 0) is 67.3 Å². The van der Waals surface area contributed by atoms with Crippen molar-refractivity contribution in [3.63, 3.8) is 0 Å². The van der Waals surface area contributed by atoms with E-state index in [2.05, 4.69) is 20.3 Å². The summed E-state index contributed by atoms with van der Waals surface area (Å²) in [4.78, 5) is 17.9. The van der Waals surface area contributed by atoms with Crippen LogP contribution in [0, 0.1) is 5.82 Å². The van der Waals surface area contributed by atoms with Crippen molar-refractivity contribution in [1.82, 2.24) is 15.0 Å². The first kappa shape index (κ1) is 35.0. The molecule has 4 rings (SSSR count). The summed E-state index contributed by atoms with van der Waals surface area (Å²) in [7, 11) is -2.34. The van der Waals surface area contributed by atoms with Crippen LogP contribution in [0.3, 0.4) is 0 Å². The number of anilines is 1. The van der Waals surface area contributed by atoms with Gasteiger partial charge < -0.3 is 20.5 Å². The zero-order valence-electron chi connectivity index (χ0n) is 25.6. The second kappa shape index (κ2) is 16.6. The summed E-state index contributed by atoms with van der Waals surface area (Å²) in [5, 5.41) is 16.2. The number of aliphatic hydroxyl groups excluding tert-OH is 1. The van der Waals surface area contributed by atoms with E-state index >= 15 is 4.39 Å². The minimum absolute atomic E-state index is 0.0361. The van der Waals surface area contributed by atoms with Crippen molar-refractivity contribution < 1.29 is 27.4 Å². The maximum Gasteiger partial charge on any atom is 0.240 e. The molecule has 9 nitrogen and oxygen atoms in total. The molecular weight excluding hydrogens is 631 g/mol. The summed E-state index contributed by atoms with van der Waals surface area (Å²) in [6, 6.07) is 22.5. The molecule has 0 aliphatic carbocycles. The van der Waals surface area contributed by atoms with E-state index in [1.807, 2.05) is 18.2 Å². The maximum atomic E-state index is 15.2. The zero-order chi connectivity index (χ0) is 33.1. The average molecular weight is 669 g/mol. The molecule has 0 saturated heterocycles. The number of carbonyl (C=O) groups is 1. The van der Waals surface area contributed by atoms with Gasteiger partial charge in [-0.15, -0.1) is 0 Å². The molecule has 4 aromatic rings. The Balaban J connectivity index is 1.52. The number of hydrogen-bond donors (Lipinski definition) is 4. The number of ether oxygens (including phenoxy) is 1. The number of nitrogens with one attached hydrogen (secondary N) is 3. The molecule has 3 aromatic carbocycles. The van der Waals surface area contributed by atoms with Crippen LogP contribution in [-0.2, 0) is 21.2 Å². The van der Waals surface area contributed by atoms with Gasteiger partial charge >= 0.3 is 0 Å². The van der Waals surface area contributed by atoms with Gasteiger partial charge in [0.05, 0.1) is 18.1 Å². The molecule has 0 bridgehead atoms. The SMILES string of the molecule is COc1ccc(C(CC(=O)Nc2cccc(F)c2CC[C@@H](CNC[C@H](C)O)NS(=O)(=O)c2ccccc2)c2ccc(Cl)cc2)cn1. The van der Waals surface area contributed by atoms with Gasteiger partial charge in [-0.3, -0.25) is 4.79 Å². The molecule has 0 radical (unpaired) electrons. The highest BCUT2D eigenvalue weighted by Crippen LogP contribution is 2.31. The largest absolute Gasteiger partial charge is 0.481 e. The second-order valence-electron chi connectivity index (χ2n) is 10.9. The number of carbonyl (C=O) groups excluding carboxylic acids is 1. The molecule has 0 spiro atoms. The molecular formula is C34H38ClFN4O5S. The highest BCUT2D eigenvalue weighted by molar-refractivity contribution is 7.89. The van der Waals surface area contributed by atoms with Crippen LogP contribution in [0.5, 0.6) is 5.88 Å². The number of halogens is 2. The smallest absolute Gasteiger partial charge is 0.240 e. The number of methoxy groups -OCH3 is 1. The highest BCUT2D eigenvalue weighted by Gasteiger charge is 2.23. The van der Waals surface area contributed by atoms with Crippen LogP contribution in [0.2, 0.25) is 5.02 Å². The van der Waals surface area contributed by atoms with E-state index in [0.29, 0.717) is 16.6 Å². The quantitative estimate of drug-likeness (QED) is 0.128. The third-order valence-electron chi connectivity index (χ3n) is 7.37. The lowest BCUT2D eigenvalue weighted by Crippen LogP contribution is -2.43. The topological polar surface area (TPSA) is 130 Å². The van der Waals surface area contributed by atoms with Crippen LogP contribution in [0.25, 0.3) is 0 Å². The van der Waals surface area contributed by atoms with Gasteiger partial charge in [0.25, 0.3) is 0 Å². The van der Waals surface area contributed by atoms with E-state index in [0.717, 1.165) is 11.1 Å². The fraction of sp³-hybridized carbons (Fsp3) is 0.294. The molecule has 1 aromatic heterocycles. The van der Waals surface area contributed by atoms with E-state index in [-0.39, 0.29) is 54.6 Å². The molecule has 0 aliphatic rings. The van der Waals surface area contributed by atoms with Gasteiger partial charge in [0.2, 0.25) is 21.8 Å². The number of amides is 1. The summed E-state index contributed by atoms with van der Waals surface area (Å²) < 4.78 is 49.3. The lowest BCUT2D eigenvalue weighted by molar-refractivity contribution is -0.116. The van der Waals surface area contributed by atoms with Crippen molar-refractivity contribution in [3.8, 4) is 5.88 Å². The van der Waals surface area contributed by atoms with Gasteiger partial charge in [0.15, 0.2) is 0 Å². The Morgan fingerprint density at radius 2 is 1.70 bits per heavy atom. The van der Waals surface area contributed by atoms with E-state index in [4.69, 9.17) is 16.3 Å². The van der Waals surface area contributed by atoms with Crippen molar-refractivity contribution in [3.05, 3.63) is 119 Å². The van der Waals surface area contributed by atoms with E-state index in [9.17, 15) is 18.3 Å². The first-order valence-corrected chi connectivity index (χ1v) is 16.7. The number of hydrogen-bond acceptors (Lipinski definition) is 7. The molecule has 1 amide bonds. The number of rotatable bonds is 16. The molecule has 244 valence electrons. The maximum absolute atomic E-state index is 15.2. The summed E-state index contributed by atoms with van der Waals surface area (Å²) in [5.74, 6) is -0.794. The molecule has 4 N–H and O–H groups in total. The van der Waals surface area contributed by atoms with Gasteiger partial charge in [0, 0.05) is 60.0 Å². The summed E-state index contributed by atoms with van der Waals surface area (Å²) in [6.45, 7) is 2.07. The van der Waals surface area contributed by atoms with Crippen molar-refractivity contribution in [2.24, 2.45) is 0 Å². The Labute approximate surface area is 274 Å². The number of benzene rings is 3. The lowest BCUT2D eigenvalue weighted by Gasteiger charge is -2.21. The summed E-state index contributed by atoms with van der Waals surface area (Å²) >= 11 is 6.11. The van der Waals surface area contributed by atoms with Crippen LogP contribution < -0.4 is 20.1 Å². The molecule has 12 heteroatoms. The van der Waals surface area contributed by atoms with E-state index < -0.39 is 28.0 Å². The first-order valence-electron chi connectivity index (χ1n) is 14.8. The predicted octanol–water partition coefficient (Wildman–Crippen LogP) is 5.29. The monoisotopic (exact) mass is 668 g/mol. The predicted molar refractivity (Wildman–Crippen MR) is 177 cm³/mol. The average Bonchev–Trinajstić information content (AvgIpc) is 3.04. The Morgan fingerprint density at radius 3 is 2.35 bits per heavy atom. The van der Waals surface area contributed by atoms with Crippen LogP contribution in [0.4, 0.5) is 10.1 Å². The minimum Gasteiger partial charge on any atom is -0.481 e. The minimum atomic E-state index is -3.86. The second-order valence-corrected chi connectivity index (χ2v) is 13.1. The molecule has 3 atom stereocenters. The highest BCUT2D eigenvalue weighted by atomic mass is 35.5.